The van der Waals surface area contributed by atoms with Crippen molar-refractivity contribution < 1.29 is 9.90 Å². The molecule has 0 unspecified atom stereocenters. The predicted molar refractivity (Wildman–Crippen MR) is 87.5 cm³/mol. The normalized spacial score (nSPS) is 11.0. The Labute approximate surface area is 130 Å². The van der Waals surface area contributed by atoms with Crippen LogP contribution in [0.25, 0.3) is 22.2 Å². The zero-order chi connectivity index (χ0) is 15.0. The van der Waals surface area contributed by atoms with Crippen molar-refractivity contribution in [2.75, 3.05) is 0 Å². The Morgan fingerprint density at radius 1 is 1.19 bits per heavy atom. The third kappa shape index (κ3) is 2.47. The molecule has 1 heterocycles. The Kier molecular flexibility index (Phi) is 3.55. The van der Waals surface area contributed by atoms with Gasteiger partial charge in [0, 0.05) is 20.9 Å². The van der Waals surface area contributed by atoms with Crippen LogP contribution in [0.1, 0.15) is 11.1 Å². The lowest BCUT2D eigenvalue weighted by Gasteiger charge is -2.05. The Bertz CT molecular complexity index is 836. The summed E-state index contributed by atoms with van der Waals surface area (Å²) in [7, 11) is 0. The molecule has 0 spiro atoms. The number of nitrogens with one attached hydrogen (secondary N) is 1. The average Bonchev–Trinajstić information content (AvgIpc) is 2.79. The number of benzene rings is 2. The molecule has 0 amide bonds. The van der Waals surface area contributed by atoms with E-state index in [1.165, 1.54) is 0 Å². The number of carbonyl (C=O) groups is 1. The van der Waals surface area contributed by atoms with Crippen LogP contribution in [0.2, 0.25) is 0 Å². The minimum Gasteiger partial charge on any atom is -0.481 e. The second kappa shape index (κ2) is 5.37. The summed E-state index contributed by atoms with van der Waals surface area (Å²) in [5.41, 5.74) is 4.78. The first-order valence-corrected chi connectivity index (χ1v) is 7.44. The predicted octanol–water partition coefficient (Wildman–Crippen LogP) is 4.53. The molecule has 21 heavy (non-hydrogen) atoms. The molecule has 2 N–H and O–H groups in total. The highest BCUT2D eigenvalue weighted by Crippen LogP contribution is 2.35. The van der Waals surface area contributed by atoms with Crippen molar-refractivity contribution in [1.82, 2.24) is 4.98 Å². The maximum atomic E-state index is 11.2. The topological polar surface area (TPSA) is 53.1 Å². The van der Waals surface area contributed by atoms with Crippen LogP contribution in [0.15, 0.2) is 46.9 Å². The molecule has 0 aliphatic rings. The first-order chi connectivity index (χ1) is 10.1. The molecular weight excluding hydrogens is 330 g/mol. The number of aromatic amines is 1. The van der Waals surface area contributed by atoms with E-state index in [4.69, 9.17) is 0 Å². The second-order valence-electron chi connectivity index (χ2n) is 5.03. The molecule has 3 rings (SSSR count). The fourth-order valence-corrected chi connectivity index (χ4v) is 3.13. The van der Waals surface area contributed by atoms with E-state index in [1.54, 1.807) is 0 Å². The smallest absolute Gasteiger partial charge is 0.307 e. The number of aliphatic carboxylic acids is 1. The maximum absolute atomic E-state index is 11.2. The van der Waals surface area contributed by atoms with Crippen LogP contribution in [0, 0.1) is 6.92 Å². The van der Waals surface area contributed by atoms with Crippen molar-refractivity contribution in [3.05, 3.63) is 58.1 Å². The summed E-state index contributed by atoms with van der Waals surface area (Å²) in [5.74, 6) is -0.828. The minimum atomic E-state index is -0.828. The lowest BCUT2D eigenvalue weighted by atomic mass is 10.0. The van der Waals surface area contributed by atoms with E-state index in [2.05, 4.69) is 20.9 Å². The van der Waals surface area contributed by atoms with E-state index in [1.807, 2.05) is 49.4 Å². The summed E-state index contributed by atoms with van der Waals surface area (Å²) in [6.07, 6.45) is 0.000120. The molecule has 0 bridgehead atoms. The van der Waals surface area contributed by atoms with Crippen LogP contribution in [0.4, 0.5) is 0 Å². The first-order valence-electron chi connectivity index (χ1n) is 6.65. The van der Waals surface area contributed by atoms with E-state index >= 15 is 0 Å². The molecule has 0 atom stereocenters. The number of hydrogen-bond acceptors (Lipinski definition) is 1. The van der Waals surface area contributed by atoms with Crippen molar-refractivity contribution >= 4 is 32.8 Å². The Hall–Kier alpha value is -2.07. The van der Waals surface area contributed by atoms with Gasteiger partial charge in [-0.1, -0.05) is 52.3 Å². The average molecular weight is 344 g/mol. The molecule has 106 valence electrons. The van der Waals surface area contributed by atoms with Crippen LogP contribution < -0.4 is 0 Å². The van der Waals surface area contributed by atoms with Crippen LogP contribution >= 0.6 is 15.9 Å². The summed E-state index contributed by atoms with van der Waals surface area (Å²) in [6.45, 7) is 2.02. The van der Waals surface area contributed by atoms with Gasteiger partial charge in [-0.25, -0.2) is 0 Å². The Balaban J connectivity index is 2.33. The molecule has 0 aliphatic carbocycles. The maximum Gasteiger partial charge on any atom is 0.307 e. The number of carboxylic acid groups (broad SMARTS) is 1. The van der Waals surface area contributed by atoms with Gasteiger partial charge >= 0.3 is 5.97 Å². The van der Waals surface area contributed by atoms with Gasteiger partial charge in [0.05, 0.1) is 12.1 Å². The quantitative estimate of drug-likeness (QED) is 0.733. The van der Waals surface area contributed by atoms with Gasteiger partial charge in [-0.2, -0.15) is 0 Å². The van der Waals surface area contributed by atoms with Gasteiger partial charge < -0.3 is 10.1 Å². The molecule has 0 saturated heterocycles. The molecular formula is C17H14BrNO2. The van der Waals surface area contributed by atoms with Gasteiger partial charge in [-0.05, 0) is 24.1 Å². The van der Waals surface area contributed by atoms with Crippen LogP contribution in [-0.4, -0.2) is 16.1 Å². The first kappa shape index (κ1) is 13.9. The van der Waals surface area contributed by atoms with Crippen LogP contribution in [0.3, 0.4) is 0 Å². The number of aryl methyl sites for hydroxylation is 1. The second-order valence-corrected chi connectivity index (χ2v) is 5.88. The number of hydrogen-bond donors (Lipinski definition) is 2. The number of fused-ring (bicyclic) bond motifs is 1. The van der Waals surface area contributed by atoms with E-state index < -0.39 is 5.97 Å². The number of carboxylic acids is 1. The van der Waals surface area contributed by atoms with E-state index in [-0.39, 0.29) is 6.42 Å². The summed E-state index contributed by atoms with van der Waals surface area (Å²) < 4.78 is 0.945. The molecule has 0 saturated carbocycles. The fourth-order valence-electron chi connectivity index (χ4n) is 2.65. The molecule has 3 nitrogen and oxygen atoms in total. The van der Waals surface area contributed by atoms with E-state index in [0.717, 1.165) is 37.8 Å². The molecule has 3 aromatic rings. The minimum absolute atomic E-state index is 0.000120. The number of para-hydroxylation sites is 1. The number of aromatic nitrogens is 1. The van der Waals surface area contributed by atoms with Crippen LogP contribution in [-0.2, 0) is 11.2 Å². The fraction of sp³-hybridized carbons (Fsp3) is 0.118. The Morgan fingerprint density at radius 3 is 2.67 bits per heavy atom. The molecule has 4 heteroatoms. The molecule has 0 aliphatic heterocycles. The largest absolute Gasteiger partial charge is 0.481 e. The van der Waals surface area contributed by atoms with Crippen molar-refractivity contribution in [2.45, 2.75) is 13.3 Å². The summed E-state index contributed by atoms with van der Waals surface area (Å²) in [5, 5.41) is 10.2. The van der Waals surface area contributed by atoms with Gasteiger partial charge in [0.1, 0.15) is 0 Å². The zero-order valence-electron chi connectivity index (χ0n) is 11.5. The van der Waals surface area contributed by atoms with Gasteiger partial charge in [-0.15, -0.1) is 0 Å². The molecule has 1 aromatic heterocycles. The number of halogens is 1. The molecule has 2 aromatic carbocycles. The zero-order valence-corrected chi connectivity index (χ0v) is 13.1. The highest BCUT2D eigenvalue weighted by Gasteiger charge is 2.17. The van der Waals surface area contributed by atoms with Gasteiger partial charge in [-0.3, -0.25) is 4.79 Å². The lowest BCUT2D eigenvalue weighted by molar-refractivity contribution is -0.136. The van der Waals surface area contributed by atoms with E-state index in [0.29, 0.717) is 0 Å². The summed E-state index contributed by atoms with van der Waals surface area (Å²) >= 11 is 3.54. The Morgan fingerprint density at radius 2 is 1.95 bits per heavy atom. The highest BCUT2D eigenvalue weighted by molar-refractivity contribution is 9.10. The van der Waals surface area contributed by atoms with E-state index in [9.17, 15) is 9.90 Å². The molecule has 0 fully saturated rings. The van der Waals surface area contributed by atoms with Crippen molar-refractivity contribution in [3.8, 4) is 11.3 Å². The monoisotopic (exact) mass is 343 g/mol. The number of rotatable bonds is 3. The van der Waals surface area contributed by atoms with Crippen molar-refractivity contribution in [1.29, 1.82) is 0 Å². The summed E-state index contributed by atoms with van der Waals surface area (Å²) in [6, 6.07) is 13.8. The van der Waals surface area contributed by atoms with Crippen molar-refractivity contribution in [2.24, 2.45) is 0 Å². The standard InChI is InChI=1S/C17H14BrNO2/c1-10-5-4-7-11-13(9-15(20)21)17(19-16(10)11)12-6-2-3-8-14(12)18/h2-8,19H,9H2,1H3,(H,20,21). The van der Waals surface area contributed by atoms with Gasteiger partial charge in [0.25, 0.3) is 0 Å². The summed E-state index contributed by atoms with van der Waals surface area (Å²) in [4.78, 5) is 14.6. The number of H-pyrrole nitrogens is 1. The third-order valence-electron chi connectivity index (χ3n) is 3.62. The lowest BCUT2D eigenvalue weighted by Crippen LogP contribution is -2.01. The third-order valence-corrected chi connectivity index (χ3v) is 4.31. The van der Waals surface area contributed by atoms with Gasteiger partial charge in [0.15, 0.2) is 0 Å². The molecule has 0 radical (unpaired) electrons. The van der Waals surface area contributed by atoms with Crippen LogP contribution in [0.5, 0.6) is 0 Å². The van der Waals surface area contributed by atoms with Crippen molar-refractivity contribution in [3.63, 3.8) is 0 Å². The highest BCUT2D eigenvalue weighted by atomic mass is 79.9. The van der Waals surface area contributed by atoms with Gasteiger partial charge in [0.2, 0.25) is 0 Å². The SMILES string of the molecule is Cc1cccc2c(CC(=O)O)c(-c3ccccc3Br)[nH]c12.